The number of ether oxygens (including phenoxy) is 4. The molecule has 0 spiro atoms. The van der Waals surface area contributed by atoms with Crippen molar-refractivity contribution in [1.82, 2.24) is 0 Å². The van der Waals surface area contributed by atoms with E-state index < -0.39 is 97.5 Å². The Labute approximate surface area is 594 Å². The number of rotatable bonds is 71. The van der Waals surface area contributed by atoms with E-state index in [4.69, 9.17) is 37.0 Å². The van der Waals surface area contributed by atoms with E-state index in [1.165, 1.54) is 83.5 Å². The highest BCUT2D eigenvalue weighted by Gasteiger charge is 2.30. The maximum absolute atomic E-state index is 13.1. The van der Waals surface area contributed by atoms with Crippen molar-refractivity contribution in [3.8, 4) is 0 Å². The predicted molar refractivity (Wildman–Crippen MR) is 399 cm³/mol. The molecule has 5 atom stereocenters. The first-order valence-electron chi connectivity index (χ1n) is 38.1. The largest absolute Gasteiger partial charge is 0.472 e. The van der Waals surface area contributed by atoms with E-state index in [1.54, 1.807) is 0 Å². The summed E-state index contributed by atoms with van der Waals surface area (Å²) in [7, 11) is -9.97. The minimum absolute atomic E-state index is 0.0321. The second kappa shape index (κ2) is 71.1. The summed E-state index contributed by atoms with van der Waals surface area (Å²) < 4.78 is 68.3. The normalized spacial score (nSPS) is 14.6. The lowest BCUT2D eigenvalue weighted by Gasteiger charge is -2.21. The van der Waals surface area contributed by atoms with Crippen LogP contribution >= 0.6 is 15.6 Å². The van der Waals surface area contributed by atoms with E-state index in [9.17, 15) is 43.2 Å². The fraction of sp³-hybridized carbons (Fsp3) is 0.722. The first kappa shape index (κ1) is 93.7. The van der Waals surface area contributed by atoms with Crippen molar-refractivity contribution >= 4 is 39.5 Å². The van der Waals surface area contributed by atoms with Crippen molar-refractivity contribution in [2.45, 2.75) is 329 Å². The monoisotopic (exact) mass is 1420 g/mol. The lowest BCUT2D eigenvalue weighted by molar-refractivity contribution is -0.161. The van der Waals surface area contributed by atoms with Crippen molar-refractivity contribution < 1.29 is 80.2 Å². The summed E-state index contributed by atoms with van der Waals surface area (Å²) in [5, 5.41) is 10.6. The number of phosphoric ester groups is 2. The molecule has 0 aliphatic rings. The quantitative estimate of drug-likeness (QED) is 0.0169. The van der Waals surface area contributed by atoms with E-state index in [0.29, 0.717) is 32.1 Å². The first-order valence-corrected chi connectivity index (χ1v) is 41.1. The van der Waals surface area contributed by atoms with Crippen LogP contribution in [0.15, 0.2) is 109 Å². The molecule has 3 N–H and O–H groups in total. The van der Waals surface area contributed by atoms with Crippen LogP contribution in [0.2, 0.25) is 0 Å². The molecule has 17 nitrogen and oxygen atoms in total. The molecule has 19 heteroatoms. The number of hydrogen-bond acceptors (Lipinski definition) is 15. The van der Waals surface area contributed by atoms with Crippen LogP contribution in [0.25, 0.3) is 0 Å². The Balaban J connectivity index is 5.40. The Morgan fingerprint density at radius 2 is 0.551 bits per heavy atom. The predicted octanol–water partition coefficient (Wildman–Crippen LogP) is 21.8. The van der Waals surface area contributed by atoms with Crippen molar-refractivity contribution in [3.05, 3.63) is 109 Å². The average Bonchev–Trinajstić information content (AvgIpc) is 0.992. The van der Waals surface area contributed by atoms with Gasteiger partial charge in [-0.3, -0.25) is 37.3 Å². The zero-order valence-electron chi connectivity index (χ0n) is 61.4. The number of hydrogen-bond donors (Lipinski definition) is 3. The van der Waals surface area contributed by atoms with Crippen LogP contribution < -0.4 is 0 Å². The van der Waals surface area contributed by atoms with Crippen LogP contribution in [0.1, 0.15) is 310 Å². The highest BCUT2D eigenvalue weighted by Crippen LogP contribution is 2.45. The third kappa shape index (κ3) is 70.2. The molecule has 98 heavy (non-hydrogen) atoms. The van der Waals surface area contributed by atoms with Gasteiger partial charge in [0.15, 0.2) is 12.2 Å². The van der Waals surface area contributed by atoms with Crippen molar-refractivity contribution in [3.63, 3.8) is 0 Å². The van der Waals surface area contributed by atoms with Crippen LogP contribution in [0.3, 0.4) is 0 Å². The lowest BCUT2D eigenvalue weighted by Crippen LogP contribution is -2.30. The van der Waals surface area contributed by atoms with Crippen molar-refractivity contribution in [1.29, 1.82) is 0 Å². The summed E-state index contributed by atoms with van der Waals surface area (Å²) in [4.78, 5) is 72.7. The van der Waals surface area contributed by atoms with Crippen LogP contribution in [-0.4, -0.2) is 96.7 Å². The molecule has 0 aromatic rings. The van der Waals surface area contributed by atoms with Gasteiger partial charge in [-0.05, 0) is 122 Å². The van der Waals surface area contributed by atoms with E-state index in [-0.39, 0.29) is 25.7 Å². The number of phosphoric acid groups is 2. The standard InChI is InChI=1S/C79H136O17P2/c1-5-9-13-17-21-25-29-32-34-35-36-37-39-41-45-48-52-56-60-64-77(82)90-70-75(96-79(84)66-62-58-54-50-46-42-38-33-30-26-22-18-14-10-6-2)72-94-98(87,88)92-68-73(80)67-91-97(85,86)93-71-74(95-78(83)65-61-57-53-49-43-28-24-20-16-12-8-4)69-89-76(81)63-59-55-51-47-44-40-31-27-23-19-15-11-7-3/h9,13,21-22,25-27,31-34,36-38,41,45,52,56,73-75,80H,5-8,10-12,14-20,23-24,28-30,35,39-40,42-44,46-51,53-55,57-72H2,1-4H3,(H,85,86)(H,87,88)/b13-9-,25-21-,26-22-,31-27-,34-32-,37-36-,38-33-,45-41-,56-52-. The summed E-state index contributed by atoms with van der Waals surface area (Å²) in [6.07, 6.45) is 75.3. The minimum Gasteiger partial charge on any atom is -0.462 e. The Morgan fingerprint density at radius 3 is 0.918 bits per heavy atom. The molecule has 0 amide bonds. The number of esters is 4. The van der Waals surface area contributed by atoms with Gasteiger partial charge in [-0.15, -0.1) is 0 Å². The van der Waals surface area contributed by atoms with E-state index in [2.05, 4.69) is 119 Å². The van der Waals surface area contributed by atoms with Crippen LogP contribution in [0, 0.1) is 0 Å². The van der Waals surface area contributed by atoms with Crippen molar-refractivity contribution in [2.24, 2.45) is 0 Å². The fourth-order valence-corrected chi connectivity index (χ4v) is 11.5. The molecule has 0 heterocycles. The summed E-state index contributed by atoms with van der Waals surface area (Å²) >= 11 is 0. The van der Waals surface area contributed by atoms with E-state index >= 15 is 0 Å². The highest BCUT2D eigenvalue weighted by molar-refractivity contribution is 7.47. The molecular weight excluding hydrogens is 1280 g/mol. The van der Waals surface area contributed by atoms with Gasteiger partial charge in [0, 0.05) is 25.7 Å². The highest BCUT2D eigenvalue weighted by atomic mass is 31.2. The second-order valence-corrected chi connectivity index (χ2v) is 28.1. The van der Waals surface area contributed by atoms with Gasteiger partial charge in [0.1, 0.15) is 19.3 Å². The van der Waals surface area contributed by atoms with Gasteiger partial charge in [-0.1, -0.05) is 272 Å². The molecule has 0 fully saturated rings. The zero-order valence-corrected chi connectivity index (χ0v) is 63.2. The Morgan fingerprint density at radius 1 is 0.296 bits per heavy atom. The average molecular weight is 1420 g/mol. The van der Waals surface area contributed by atoms with Crippen LogP contribution in [0.5, 0.6) is 0 Å². The fourth-order valence-electron chi connectivity index (χ4n) is 9.92. The third-order valence-electron chi connectivity index (χ3n) is 15.7. The van der Waals surface area contributed by atoms with Gasteiger partial charge in [-0.2, -0.15) is 0 Å². The maximum atomic E-state index is 13.1. The molecule has 0 saturated heterocycles. The molecule has 5 unspecified atom stereocenters. The van der Waals surface area contributed by atoms with E-state index in [0.717, 1.165) is 141 Å². The summed E-state index contributed by atoms with van der Waals surface area (Å²) in [5.74, 6) is -2.29. The summed E-state index contributed by atoms with van der Waals surface area (Å²) in [5.41, 5.74) is 0. The van der Waals surface area contributed by atoms with Crippen molar-refractivity contribution in [2.75, 3.05) is 39.6 Å². The number of allylic oxidation sites excluding steroid dienone is 18. The van der Waals surface area contributed by atoms with Crippen LogP contribution in [-0.2, 0) is 65.4 Å². The maximum Gasteiger partial charge on any atom is 0.472 e. The zero-order chi connectivity index (χ0) is 71.8. The van der Waals surface area contributed by atoms with Crippen LogP contribution in [0.4, 0.5) is 0 Å². The Kier molecular flexibility index (Phi) is 68.0. The topological polar surface area (TPSA) is 237 Å². The van der Waals surface area contributed by atoms with Gasteiger partial charge in [-0.25, -0.2) is 9.13 Å². The third-order valence-corrected chi connectivity index (χ3v) is 17.6. The summed E-state index contributed by atoms with van der Waals surface area (Å²) in [6, 6.07) is 0. The summed E-state index contributed by atoms with van der Waals surface area (Å²) in [6.45, 7) is 4.61. The lowest BCUT2D eigenvalue weighted by atomic mass is 10.1. The van der Waals surface area contributed by atoms with Gasteiger partial charge < -0.3 is 33.8 Å². The molecule has 0 aliphatic heterocycles. The van der Waals surface area contributed by atoms with E-state index in [1.807, 2.05) is 18.2 Å². The molecule has 564 valence electrons. The number of carbonyl (C=O) groups is 4. The Hall–Kier alpha value is -4.28. The molecule has 0 aliphatic carbocycles. The minimum atomic E-state index is -4.99. The molecule has 0 radical (unpaired) electrons. The van der Waals surface area contributed by atoms with Gasteiger partial charge in [0.05, 0.1) is 26.4 Å². The van der Waals surface area contributed by atoms with Gasteiger partial charge in [0.2, 0.25) is 0 Å². The smallest absolute Gasteiger partial charge is 0.462 e. The second-order valence-electron chi connectivity index (χ2n) is 25.2. The number of carbonyl (C=O) groups excluding carboxylic acids is 4. The molecular formula is C79H136O17P2. The SMILES string of the molecule is CC/C=C\C/C=C\C/C=C\C/C=C\C/C=C\C/C=C\CCC(=O)OCC(COP(=O)(O)OCC(O)COP(=O)(O)OCC(COC(=O)CCCCCCC/C=C\CCCCCC)OC(=O)CCCCCCCCCCCCC)OC(=O)CCCCCCC/C=C\C/C=C\CCCCC. The number of unbranched alkanes of at least 4 members (excludes halogenated alkanes) is 27. The molecule has 0 saturated carbocycles. The number of aliphatic hydroxyl groups excluding tert-OH is 1. The number of aliphatic hydroxyl groups is 1. The first-order chi connectivity index (χ1) is 47.7. The molecule has 0 aromatic heterocycles. The molecule has 0 rings (SSSR count). The van der Waals surface area contributed by atoms with Gasteiger partial charge >= 0.3 is 39.5 Å². The van der Waals surface area contributed by atoms with Gasteiger partial charge in [0.25, 0.3) is 0 Å². The Bertz CT molecular complexity index is 2290. The molecule has 0 aromatic carbocycles. The molecule has 0 bridgehead atoms.